The summed E-state index contributed by atoms with van der Waals surface area (Å²) in [6, 6.07) is 24.6. The number of carbonyl (C=O) groups is 1. The Labute approximate surface area is 261 Å². The van der Waals surface area contributed by atoms with Crippen molar-refractivity contribution in [3.05, 3.63) is 108 Å². The molecule has 0 aromatic heterocycles. The van der Waals surface area contributed by atoms with Gasteiger partial charge in [0.15, 0.2) is 6.29 Å². The third kappa shape index (κ3) is 8.57. The van der Waals surface area contributed by atoms with Crippen LogP contribution in [0, 0.1) is 5.92 Å². The van der Waals surface area contributed by atoms with Gasteiger partial charge in [0.2, 0.25) is 0 Å². The average molecular weight is 599 g/mol. The molecule has 7 heteroatoms. The van der Waals surface area contributed by atoms with E-state index in [0.717, 1.165) is 53.0 Å². The maximum Gasteiger partial charge on any atom is 0.407 e. The second-order valence-electron chi connectivity index (χ2n) is 12.0. The number of alkyl carbamates (subject to hydrolysis) is 1. The molecule has 0 radical (unpaired) electrons. The van der Waals surface area contributed by atoms with Crippen molar-refractivity contribution in [3.63, 3.8) is 0 Å². The van der Waals surface area contributed by atoms with Crippen LogP contribution >= 0.6 is 0 Å². The highest BCUT2D eigenvalue weighted by molar-refractivity contribution is 5.68. The molecule has 2 N–H and O–H groups in total. The van der Waals surface area contributed by atoms with Gasteiger partial charge in [0.1, 0.15) is 6.61 Å². The molecule has 0 saturated carbocycles. The Morgan fingerprint density at radius 2 is 1.64 bits per heavy atom. The lowest BCUT2D eigenvalue weighted by molar-refractivity contribution is -0.276. The molecule has 0 unspecified atom stereocenters. The van der Waals surface area contributed by atoms with E-state index in [4.69, 9.17) is 14.2 Å². The van der Waals surface area contributed by atoms with Gasteiger partial charge >= 0.3 is 6.09 Å². The maximum absolute atomic E-state index is 11.9. The van der Waals surface area contributed by atoms with Crippen molar-refractivity contribution in [2.75, 3.05) is 26.2 Å². The Balaban J connectivity index is 1.37. The highest BCUT2D eigenvalue weighted by Gasteiger charge is 2.39. The van der Waals surface area contributed by atoms with Crippen LogP contribution in [0.5, 0.6) is 0 Å². The summed E-state index contributed by atoms with van der Waals surface area (Å²) in [6.07, 6.45) is 6.83. The first-order chi connectivity index (χ1) is 21.5. The molecule has 0 spiro atoms. The summed E-state index contributed by atoms with van der Waals surface area (Å²) in [6.45, 7) is 9.48. The van der Waals surface area contributed by atoms with Crippen molar-refractivity contribution < 1.29 is 24.1 Å². The van der Waals surface area contributed by atoms with Gasteiger partial charge in [-0.2, -0.15) is 0 Å². The normalized spacial score (nSPS) is 22.9. The van der Waals surface area contributed by atoms with Crippen LogP contribution < -0.4 is 5.32 Å². The third-order valence-electron chi connectivity index (χ3n) is 8.70. The van der Waals surface area contributed by atoms with E-state index in [2.05, 4.69) is 66.2 Å². The number of benzene rings is 3. The number of ether oxygens (including phenoxy) is 3. The highest BCUT2D eigenvalue weighted by Crippen LogP contribution is 2.42. The van der Waals surface area contributed by atoms with Crippen LogP contribution in [0.2, 0.25) is 0 Å². The van der Waals surface area contributed by atoms with Crippen LogP contribution in [0.15, 0.2) is 85.5 Å². The first kappa shape index (κ1) is 31.9. The summed E-state index contributed by atoms with van der Waals surface area (Å²) >= 11 is 0. The highest BCUT2D eigenvalue weighted by atomic mass is 16.7. The molecule has 2 aliphatic rings. The topological polar surface area (TPSA) is 80.3 Å². The van der Waals surface area contributed by atoms with Crippen LogP contribution in [0.4, 0.5) is 4.79 Å². The molecule has 5 rings (SSSR count). The average Bonchev–Trinajstić information content (AvgIpc) is 3.05. The fourth-order valence-electron chi connectivity index (χ4n) is 6.16. The predicted molar refractivity (Wildman–Crippen MR) is 173 cm³/mol. The zero-order chi connectivity index (χ0) is 30.7. The molecule has 0 aliphatic carbocycles. The lowest BCUT2D eigenvalue weighted by atomic mass is 9.89. The minimum atomic E-state index is -0.516. The third-order valence-corrected chi connectivity index (χ3v) is 8.70. The van der Waals surface area contributed by atoms with Crippen molar-refractivity contribution in [1.29, 1.82) is 0 Å². The molecule has 7 nitrogen and oxygen atoms in total. The fraction of sp³-hybridized carbons (Fsp3) is 0.432. The number of hydrogen-bond acceptors (Lipinski definition) is 6. The smallest absolute Gasteiger partial charge is 0.407 e. The summed E-state index contributed by atoms with van der Waals surface area (Å²) in [4.78, 5) is 14.5. The van der Waals surface area contributed by atoms with Crippen molar-refractivity contribution in [2.45, 2.75) is 70.7 Å². The van der Waals surface area contributed by atoms with E-state index in [-0.39, 0.29) is 31.3 Å². The Bertz CT molecular complexity index is 1350. The van der Waals surface area contributed by atoms with Gasteiger partial charge in [0.05, 0.1) is 18.8 Å². The van der Waals surface area contributed by atoms with Gasteiger partial charge < -0.3 is 29.5 Å². The molecule has 234 valence electrons. The van der Waals surface area contributed by atoms with Crippen molar-refractivity contribution in [3.8, 4) is 11.1 Å². The Morgan fingerprint density at radius 1 is 0.932 bits per heavy atom. The molecule has 2 aliphatic heterocycles. The lowest BCUT2D eigenvalue weighted by Crippen LogP contribution is -2.45. The Morgan fingerprint density at radius 3 is 2.36 bits per heavy atom. The van der Waals surface area contributed by atoms with Gasteiger partial charge in [0.25, 0.3) is 0 Å². The number of aliphatic hydroxyl groups excluding tert-OH is 1. The minimum Gasteiger partial charge on any atom is -0.445 e. The van der Waals surface area contributed by atoms with Gasteiger partial charge in [0, 0.05) is 24.6 Å². The lowest BCUT2D eigenvalue weighted by Gasteiger charge is -2.43. The SMILES string of the molecule is C=CCOC(=O)NCc1cccc(-c2cccc([C@@H]3O[C@H](CN4CCCCCCC4)[C@H](C)[C@H](c4ccc(CO)cc4)O3)c2)c1. The van der Waals surface area contributed by atoms with E-state index in [1.54, 1.807) is 6.08 Å². The summed E-state index contributed by atoms with van der Waals surface area (Å²) in [5.41, 5.74) is 6.03. The molecule has 2 fully saturated rings. The Hall–Kier alpha value is -3.49. The summed E-state index contributed by atoms with van der Waals surface area (Å²) in [7, 11) is 0. The molecular weight excluding hydrogens is 552 g/mol. The zero-order valence-corrected chi connectivity index (χ0v) is 25.8. The first-order valence-corrected chi connectivity index (χ1v) is 16.0. The van der Waals surface area contributed by atoms with Crippen molar-refractivity contribution in [1.82, 2.24) is 10.2 Å². The largest absolute Gasteiger partial charge is 0.445 e. The van der Waals surface area contributed by atoms with E-state index in [9.17, 15) is 9.90 Å². The standard InChI is InChI=1S/C37H46N2O5/c1-3-21-42-37(41)38-24-29-11-9-12-31(22-29)32-13-10-14-33(23-32)36-43-34(25-39-19-7-5-4-6-8-20-39)27(2)35(44-36)30-17-15-28(26-40)16-18-30/h3,9-18,22-23,27,34-36,40H,1,4-8,19-21,24-26H2,2H3,(H,38,41)/t27-,34+,35+,36+/m0/s1. The molecule has 4 atom stereocenters. The number of carbonyl (C=O) groups excluding carboxylic acids is 1. The van der Waals surface area contributed by atoms with Gasteiger partial charge in [-0.25, -0.2) is 4.79 Å². The number of aliphatic hydroxyl groups is 1. The minimum absolute atomic E-state index is 0.00889. The van der Waals surface area contributed by atoms with E-state index in [1.165, 1.54) is 32.1 Å². The molecule has 44 heavy (non-hydrogen) atoms. The van der Waals surface area contributed by atoms with Gasteiger partial charge in [-0.05, 0) is 65.9 Å². The van der Waals surface area contributed by atoms with Crippen LogP contribution in [0.25, 0.3) is 11.1 Å². The molecule has 2 heterocycles. The maximum atomic E-state index is 11.9. The number of amides is 1. The summed E-state index contributed by atoms with van der Waals surface area (Å²) in [5, 5.41) is 12.4. The van der Waals surface area contributed by atoms with Crippen LogP contribution in [-0.2, 0) is 27.4 Å². The Kier molecular flexibility index (Phi) is 11.6. The number of hydrogen-bond donors (Lipinski definition) is 2. The molecular formula is C37H46N2O5. The van der Waals surface area contributed by atoms with E-state index >= 15 is 0 Å². The van der Waals surface area contributed by atoms with Gasteiger partial charge in [-0.3, -0.25) is 0 Å². The number of nitrogens with one attached hydrogen (secondary N) is 1. The van der Waals surface area contributed by atoms with Gasteiger partial charge in [-0.15, -0.1) is 0 Å². The zero-order valence-electron chi connectivity index (χ0n) is 25.8. The first-order valence-electron chi connectivity index (χ1n) is 16.0. The molecule has 2 saturated heterocycles. The van der Waals surface area contributed by atoms with Gasteiger partial charge in [-0.1, -0.05) is 99.5 Å². The summed E-state index contributed by atoms with van der Waals surface area (Å²) < 4.78 is 18.6. The fourth-order valence-corrected chi connectivity index (χ4v) is 6.16. The summed E-state index contributed by atoms with van der Waals surface area (Å²) in [5.74, 6) is 0.155. The van der Waals surface area contributed by atoms with Crippen LogP contribution in [0.3, 0.4) is 0 Å². The second kappa shape index (κ2) is 16.0. The molecule has 3 aromatic rings. The monoisotopic (exact) mass is 598 g/mol. The predicted octanol–water partition coefficient (Wildman–Crippen LogP) is 7.32. The quantitative estimate of drug-likeness (QED) is 0.238. The van der Waals surface area contributed by atoms with Crippen LogP contribution in [0.1, 0.15) is 73.7 Å². The molecule has 3 aromatic carbocycles. The second-order valence-corrected chi connectivity index (χ2v) is 12.0. The van der Waals surface area contributed by atoms with Crippen molar-refractivity contribution >= 4 is 6.09 Å². The molecule has 0 bridgehead atoms. The number of likely N-dealkylation sites (tertiary alicyclic amines) is 1. The number of nitrogens with zero attached hydrogens (tertiary/aromatic N) is 1. The van der Waals surface area contributed by atoms with E-state index in [0.29, 0.717) is 6.54 Å². The van der Waals surface area contributed by atoms with E-state index in [1.807, 2.05) is 30.3 Å². The van der Waals surface area contributed by atoms with Crippen LogP contribution in [-0.4, -0.2) is 48.4 Å². The molecule has 1 amide bonds. The van der Waals surface area contributed by atoms with Crippen molar-refractivity contribution in [2.24, 2.45) is 5.92 Å². The van der Waals surface area contributed by atoms with E-state index < -0.39 is 12.4 Å². The number of rotatable bonds is 10.